The minimum atomic E-state index is -0.214. The molecule has 0 unspecified atom stereocenters. The molecule has 1 aliphatic rings. The molecule has 6 heteroatoms. The fourth-order valence-electron chi connectivity index (χ4n) is 2.55. The van der Waals surface area contributed by atoms with Gasteiger partial charge < -0.3 is 14.6 Å². The molecule has 1 atom stereocenters. The Balaban J connectivity index is 1.66. The van der Waals surface area contributed by atoms with Gasteiger partial charge in [0.25, 0.3) is 5.91 Å². The molecule has 0 aliphatic carbocycles. The van der Waals surface area contributed by atoms with Crippen LogP contribution >= 0.6 is 0 Å². The van der Waals surface area contributed by atoms with Crippen LogP contribution in [-0.2, 0) is 0 Å². The van der Waals surface area contributed by atoms with Gasteiger partial charge in [-0.15, -0.1) is 0 Å². The highest BCUT2D eigenvalue weighted by Gasteiger charge is 2.25. The quantitative estimate of drug-likeness (QED) is 0.931. The minimum Gasteiger partial charge on any atom is -0.488 e. The summed E-state index contributed by atoms with van der Waals surface area (Å²) in [4.78, 5) is 31.8. The van der Waals surface area contributed by atoms with E-state index >= 15 is 0 Å². The fourth-order valence-corrected chi connectivity index (χ4v) is 2.55. The van der Waals surface area contributed by atoms with Crippen LogP contribution in [0.2, 0.25) is 0 Å². The Kier molecular flexibility index (Phi) is 4.18. The van der Waals surface area contributed by atoms with Crippen LogP contribution < -0.4 is 10.3 Å². The lowest BCUT2D eigenvalue weighted by Gasteiger charge is -2.32. The van der Waals surface area contributed by atoms with Gasteiger partial charge in [-0.1, -0.05) is 0 Å². The summed E-state index contributed by atoms with van der Waals surface area (Å²) in [6.07, 6.45) is 6.60. The van der Waals surface area contributed by atoms with Crippen molar-refractivity contribution in [2.75, 3.05) is 13.1 Å². The predicted octanol–water partition coefficient (Wildman–Crippen LogP) is 1.45. The summed E-state index contributed by atoms with van der Waals surface area (Å²) in [5.74, 6) is 0.678. The van der Waals surface area contributed by atoms with Crippen molar-refractivity contribution in [3.05, 3.63) is 58.8 Å². The molecule has 0 aromatic carbocycles. The van der Waals surface area contributed by atoms with Crippen molar-refractivity contribution in [3.8, 4) is 5.75 Å². The van der Waals surface area contributed by atoms with E-state index < -0.39 is 0 Å². The van der Waals surface area contributed by atoms with Crippen LogP contribution in [-0.4, -0.2) is 40.0 Å². The van der Waals surface area contributed by atoms with Gasteiger partial charge in [-0.05, 0) is 31.0 Å². The first-order valence-electron chi connectivity index (χ1n) is 7.27. The maximum absolute atomic E-state index is 12.4. The number of pyridine rings is 2. The van der Waals surface area contributed by atoms with E-state index in [1.165, 1.54) is 12.3 Å². The summed E-state index contributed by atoms with van der Waals surface area (Å²) in [7, 11) is 0. The standard InChI is InChI=1S/C16H17N3O3/c20-15-4-3-12(10-18-15)16(21)19-9-1-2-14(11-19)22-13-5-7-17-8-6-13/h3-8,10,14H,1-2,9,11H2,(H,18,20)/t14-/m1/s1. The van der Waals surface area contributed by atoms with Gasteiger partial charge in [-0.2, -0.15) is 0 Å². The van der Waals surface area contributed by atoms with Crippen molar-refractivity contribution in [3.63, 3.8) is 0 Å². The summed E-state index contributed by atoms with van der Waals surface area (Å²) >= 11 is 0. The zero-order valence-corrected chi connectivity index (χ0v) is 12.1. The third-order valence-electron chi connectivity index (χ3n) is 3.65. The van der Waals surface area contributed by atoms with Crippen molar-refractivity contribution in [2.45, 2.75) is 18.9 Å². The fraction of sp³-hybridized carbons (Fsp3) is 0.312. The number of nitrogens with zero attached hydrogens (tertiary/aromatic N) is 2. The Morgan fingerprint density at radius 3 is 2.82 bits per heavy atom. The van der Waals surface area contributed by atoms with Gasteiger partial charge in [0.15, 0.2) is 0 Å². The van der Waals surface area contributed by atoms with E-state index in [1.807, 2.05) is 12.1 Å². The number of amides is 1. The molecule has 0 bridgehead atoms. The summed E-state index contributed by atoms with van der Waals surface area (Å²) in [5, 5.41) is 0. The number of ether oxygens (including phenoxy) is 1. The van der Waals surface area contributed by atoms with E-state index in [-0.39, 0.29) is 17.6 Å². The molecule has 2 aromatic rings. The molecule has 1 saturated heterocycles. The van der Waals surface area contributed by atoms with Crippen molar-refractivity contribution >= 4 is 5.91 Å². The lowest BCUT2D eigenvalue weighted by Crippen LogP contribution is -2.44. The number of aromatic amines is 1. The molecule has 22 heavy (non-hydrogen) atoms. The molecule has 0 saturated carbocycles. The minimum absolute atomic E-state index is 0.0251. The van der Waals surface area contributed by atoms with Gasteiger partial charge in [0.1, 0.15) is 11.9 Å². The molecule has 1 amide bonds. The molecule has 1 fully saturated rings. The smallest absolute Gasteiger partial charge is 0.255 e. The Morgan fingerprint density at radius 2 is 2.09 bits per heavy atom. The molecule has 3 rings (SSSR count). The second-order valence-corrected chi connectivity index (χ2v) is 5.26. The van der Waals surface area contributed by atoms with E-state index in [0.717, 1.165) is 18.6 Å². The molecular formula is C16H17N3O3. The average molecular weight is 299 g/mol. The van der Waals surface area contributed by atoms with Crippen molar-refractivity contribution in [1.29, 1.82) is 0 Å². The monoisotopic (exact) mass is 299 g/mol. The largest absolute Gasteiger partial charge is 0.488 e. The Bertz CT molecular complexity index is 679. The van der Waals surface area contributed by atoms with Crippen molar-refractivity contribution < 1.29 is 9.53 Å². The maximum Gasteiger partial charge on any atom is 0.255 e. The number of likely N-dealkylation sites (tertiary alicyclic amines) is 1. The van der Waals surface area contributed by atoms with Crippen LogP contribution in [0.3, 0.4) is 0 Å². The summed E-state index contributed by atoms with van der Waals surface area (Å²) in [5.41, 5.74) is 0.276. The van der Waals surface area contributed by atoms with E-state index in [2.05, 4.69) is 9.97 Å². The van der Waals surface area contributed by atoms with E-state index in [4.69, 9.17) is 4.74 Å². The zero-order valence-electron chi connectivity index (χ0n) is 12.1. The summed E-state index contributed by atoms with van der Waals surface area (Å²) < 4.78 is 5.90. The number of rotatable bonds is 3. The highest BCUT2D eigenvalue weighted by atomic mass is 16.5. The number of piperidine rings is 1. The molecule has 114 valence electrons. The van der Waals surface area contributed by atoms with Gasteiger partial charge in [0.05, 0.1) is 12.1 Å². The highest BCUT2D eigenvalue weighted by molar-refractivity contribution is 5.93. The molecule has 2 aromatic heterocycles. The second kappa shape index (κ2) is 6.43. The molecular weight excluding hydrogens is 282 g/mol. The van der Waals surface area contributed by atoms with E-state index in [1.54, 1.807) is 23.4 Å². The Morgan fingerprint density at radius 1 is 1.27 bits per heavy atom. The number of hydrogen-bond donors (Lipinski definition) is 1. The first kappa shape index (κ1) is 14.3. The van der Waals surface area contributed by atoms with Crippen molar-refractivity contribution in [2.24, 2.45) is 0 Å². The number of nitrogens with one attached hydrogen (secondary N) is 1. The zero-order chi connectivity index (χ0) is 15.4. The van der Waals surface area contributed by atoms with Crippen LogP contribution in [0.1, 0.15) is 23.2 Å². The van der Waals surface area contributed by atoms with E-state index in [9.17, 15) is 9.59 Å². The van der Waals surface area contributed by atoms with Gasteiger partial charge in [0.2, 0.25) is 5.56 Å². The molecule has 6 nitrogen and oxygen atoms in total. The van der Waals surface area contributed by atoms with Gasteiger partial charge >= 0.3 is 0 Å². The molecule has 3 heterocycles. The van der Waals surface area contributed by atoms with Gasteiger partial charge in [0, 0.05) is 31.2 Å². The molecule has 1 aliphatic heterocycles. The number of hydrogen-bond acceptors (Lipinski definition) is 4. The van der Waals surface area contributed by atoms with Crippen LogP contribution in [0, 0.1) is 0 Å². The first-order chi connectivity index (χ1) is 10.7. The molecule has 0 radical (unpaired) electrons. The Hall–Kier alpha value is -2.63. The maximum atomic E-state index is 12.4. The summed E-state index contributed by atoms with van der Waals surface area (Å²) in [6.45, 7) is 1.24. The first-order valence-corrected chi connectivity index (χ1v) is 7.27. The van der Waals surface area contributed by atoms with Crippen LogP contribution in [0.15, 0.2) is 47.7 Å². The molecule has 0 spiro atoms. The van der Waals surface area contributed by atoms with Crippen LogP contribution in [0.4, 0.5) is 0 Å². The third-order valence-corrected chi connectivity index (χ3v) is 3.65. The summed E-state index contributed by atoms with van der Waals surface area (Å²) in [6, 6.07) is 6.53. The number of aromatic nitrogens is 2. The predicted molar refractivity (Wildman–Crippen MR) is 80.9 cm³/mol. The number of carbonyl (C=O) groups excluding carboxylic acids is 1. The van der Waals surface area contributed by atoms with Crippen LogP contribution in [0.5, 0.6) is 5.75 Å². The normalized spacial score (nSPS) is 18.0. The SMILES string of the molecule is O=C(c1ccc(=O)[nH]c1)N1CCC[C@@H](Oc2ccncc2)C1. The number of H-pyrrole nitrogens is 1. The lowest BCUT2D eigenvalue weighted by atomic mass is 10.1. The van der Waals surface area contributed by atoms with Crippen LogP contribution in [0.25, 0.3) is 0 Å². The topological polar surface area (TPSA) is 75.3 Å². The van der Waals surface area contributed by atoms with Gasteiger partial charge in [-0.3, -0.25) is 14.6 Å². The lowest BCUT2D eigenvalue weighted by molar-refractivity contribution is 0.0537. The van der Waals surface area contributed by atoms with E-state index in [0.29, 0.717) is 18.7 Å². The number of carbonyl (C=O) groups is 1. The molecule has 1 N–H and O–H groups in total. The second-order valence-electron chi connectivity index (χ2n) is 5.26. The third kappa shape index (κ3) is 3.33. The Labute approximate surface area is 127 Å². The average Bonchev–Trinajstić information content (AvgIpc) is 2.56. The van der Waals surface area contributed by atoms with Crippen molar-refractivity contribution in [1.82, 2.24) is 14.9 Å². The van der Waals surface area contributed by atoms with Gasteiger partial charge in [-0.25, -0.2) is 0 Å². The highest BCUT2D eigenvalue weighted by Crippen LogP contribution is 2.18.